The lowest BCUT2D eigenvalue weighted by atomic mass is 10.1. The van der Waals surface area contributed by atoms with Crippen molar-refractivity contribution in [3.05, 3.63) is 0 Å². The van der Waals surface area contributed by atoms with Crippen LogP contribution in [-0.2, 0) is 9.47 Å². The van der Waals surface area contributed by atoms with Gasteiger partial charge in [-0.05, 0) is 46.2 Å². The van der Waals surface area contributed by atoms with E-state index in [1.54, 1.807) is 14.2 Å². The lowest BCUT2D eigenvalue weighted by Crippen LogP contribution is -2.29. The van der Waals surface area contributed by atoms with E-state index in [1.807, 2.05) is 0 Å². The van der Waals surface area contributed by atoms with Crippen LogP contribution < -0.4 is 5.32 Å². The van der Waals surface area contributed by atoms with E-state index in [2.05, 4.69) is 19.2 Å². The van der Waals surface area contributed by atoms with Crippen LogP contribution in [0.3, 0.4) is 0 Å². The SMILES string of the molecule is COCCCCNCCC(C)(C)OC. The van der Waals surface area contributed by atoms with Crippen LogP contribution in [0.25, 0.3) is 0 Å². The maximum absolute atomic E-state index is 5.32. The molecule has 0 unspecified atom stereocenters. The van der Waals surface area contributed by atoms with E-state index < -0.39 is 0 Å². The summed E-state index contributed by atoms with van der Waals surface area (Å²) in [4.78, 5) is 0. The van der Waals surface area contributed by atoms with Crippen LogP contribution in [0.2, 0.25) is 0 Å². The second kappa shape index (κ2) is 8.21. The van der Waals surface area contributed by atoms with Crippen LogP contribution in [0.4, 0.5) is 0 Å². The van der Waals surface area contributed by atoms with Crippen LogP contribution in [0, 0.1) is 0 Å². The van der Waals surface area contributed by atoms with E-state index in [4.69, 9.17) is 9.47 Å². The van der Waals surface area contributed by atoms with Crippen molar-refractivity contribution >= 4 is 0 Å². The summed E-state index contributed by atoms with van der Waals surface area (Å²) in [7, 11) is 3.51. The summed E-state index contributed by atoms with van der Waals surface area (Å²) in [6.07, 6.45) is 3.37. The van der Waals surface area contributed by atoms with E-state index >= 15 is 0 Å². The molecule has 86 valence electrons. The van der Waals surface area contributed by atoms with Crippen molar-refractivity contribution in [2.24, 2.45) is 0 Å². The first-order valence-corrected chi connectivity index (χ1v) is 5.37. The van der Waals surface area contributed by atoms with Gasteiger partial charge in [0.1, 0.15) is 0 Å². The predicted molar refractivity (Wildman–Crippen MR) is 59.7 cm³/mol. The predicted octanol–water partition coefficient (Wildman–Crippen LogP) is 1.82. The van der Waals surface area contributed by atoms with Gasteiger partial charge in [0, 0.05) is 20.8 Å². The maximum Gasteiger partial charge on any atom is 0.0634 e. The molecule has 0 aliphatic carbocycles. The molecule has 0 aromatic rings. The smallest absolute Gasteiger partial charge is 0.0634 e. The van der Waals surface area contributed by atoms with Crippen LogP contribution in [0.15, 0.2) is 0 Å². The Bertz CT molecular complexity index is 126. The third-order valence-corrected chi connectivity index (χ3v) is 2.41. The van der Waals surface area contributed by atoms with Crippen LogP contribution in [0.5, 0.6) is 0 Å². The van der Waals surface area contributed by atoms with Gasteiger partial charge in [-0.15, -0.1) is 0 Å². The summed E-state index contributed by atoms with van der Waals surface area (Å²) in [6.45, 7) is 7.18. The van der Waals surface area contributed by atoms with Crippen molar-refractivity contribution in [2.75, 3.05) is 33.9 Å². The quantitative estimate of drug-likeness (QED) is 0.580. The van der Waals surface area contributed by atoms with Gasteiger partial charge in [0.15, 0.2) is 0 Å². The summed E-state index contributed by atoms with van der Waals surface area (Å²) in [5, 5.41) is 3.40. The molecule has 0 aromatic heterocycles. The Morgan fingerprint density at radius 3 is 2.36 bits per heavy atom. The Morgan fingerprint density at radius 2 is 1.79 bits per heavy atom. The van der Waals surface area contributed by atoms with Gasteiger partial charge in [0.2, 0.25) is 0 Å². The minimum atomic E-state index is -0.000467. The summed E-state index contributed by atoms with van der Waals surface area (Å²) in [5.41, 5.74) is -0.000467. The van der Waals surface area contributed by atoms with E-state index in [1.165, 1.54) is 6.42 Å². The molecule has 0 spiro atoms. The fourth-order valence-electron chi connectivity index (χ4n) is 1.11. The van der Waals surface area contributed by atoms with E-state index in [9.17, 15) is 0 Å². The number of hydrogen-bond donors (Lipinski definition) is 1. The van der Waals surface area contributed by atoms with Crippen LogP contribution >= 0.6 is 0 Å². The maximum atomic E-state index is 5.32. The average molecular weight is 203 g/mol. The Labute approximate surface area is 88.2 Å². The summed E-state index contributed by atoms with van der Waals surface area (Å²) < 4.78 is 10.3. The molecule has 3 nitrogen and oxygen atoms in total. The van der Waals surface area contributed by atoms with Crippen LogP contribution in [0.1, 0.15) is 33.1 Å². The van der Waals surface area contributed by atoms with E-state index in [0.717, 1.165) is 32.5 Å². The summed E-state index contributed by atoms with van der Waals surface area (Å²) >= 11 is 0. The highest BCUT2D eigenvalue weighted by atomic mass is 16.5. The first kappa shape index (κ1) is 13.9. The molecule has 0 heterocycles. The van der Waals surface area contributed by atoms with Gasteiger partial charge >= 0.3 is 0 Å². The highest BCUT2D eigenvalue weighted by Gasteiger charge is 2.14. The second-order valence-corrected chi connectivity index (χ2v) is 4.16. The number of methoxy groups -OCH3 is 2. The number of ether oxygens (including phenoxy) is 2. The molecule has 0 fully saturated rings. The normalized spacial score (nSPS) is 12.0. The molecule has 0 atom stereocenters. The zero-order valence-corrected chi connectivity index (χ0v) is 10.1. The van der Waals surface area contributed by atoms with Crippen molar-refractivity contribution < 1.29 is 9.47 Å². The standard InChI is InChI=1S/C11H25NO2/c1-11(2,14-4)7-9-12-8-5-6-10-13-3/h12H,5-10H2,1-4H3. The van der Waals surface area contributed by atoms with Crippen molar-refractivity contribution in [3.8, 4) is 0 Å². The molecule has 14 heavy (non-hydrogen) atoms. The molecule has 0 aliphatic heterocycles. The van der Waals surface area contributed by atoms with Crippen molar-refractivity contribution in [1.82, 2.24) is 5.32 Å². The molecule has 0 aromatic carbocycles. The molecule has 0 amide bonds. The second-order valence-electron chi connectivity index (χ2n) is 4.16. The van der Waals surface area contributed by atoms with Gasteiger partial charge in [-0.3, -0.25) is 0 Å². The largest absolute Gasteiger partial charge is 0.385 e. The Hall–Kier alpha value is -0.120. The van der Waals surface area contributed by atoms with E-state index in [0.29, 0.717) is 0 Å². The average Bonchev–Trinajstić information content (AvgIpc) is 2.16. The Morgan fingerprint density at radius 1 is 1.07 bits per heavy atom. The van der Waals surface area contributed by atoms with Gasteiger partial charge in [0.25, 0.3) is 0 Å². The zero-order chi connectivity index (χ0) is 10.9. The topological polar surface area (TPSA) is 30.5 Å². The van der Waals surface area contributed by atoms with Gasteiger partial charge in [-0.25, -0.2) is 0 Å². The molecule has 0 rings (SSSR count). The molecule has 0 saturated carbocycles. The summed E-state index contributed by atoms with van der Waals surface area (Å²) in [6, 6.07) is 0. The van der Waals surface area contributed by atoms with Gasteiger partial charge in [-0.1, -0.05) is 0 Å². The fraction of sp³-hybridized carbons (Fsp3) is 1.00. The fourth-order valence-corrected chi connectivity index (χ4v) is 1.11. The number of unbranched alkanes of at least 4 members (excludes halogenated alkanes) is 1. The number of hydrogen-bond acceptors (Lipinski definition) is 3. The molecule has 0 aliphatic rings. The summed E-state index contributed by atoms with van der Waals surface area (Å²) in [5.74, 6) is 0. The third-order valence-electron chi connectivity index (χ3n) is 2.41. The zero-order valence-electron chi connectivity index (χ0n) is 10.1. The van der Waals surface area contributed by atoms with Crippen molar-refractivity contribution in [1.29, 1.82) is 0 Å². The van der Waals surface area contributed by atoms with Gasteiger partial charge < -0.3 is 14.8 Å². The van der Waals surface area contributed by atoms with Gasteiger partial charge in [0.05, 0.1) is 5.60 Å². The first-order valence-electron chi connectivity index (χ1n) is 5.37. The van der Waals surface area contributed by atoms with Crippen molar-refractivity contribution in [3.63, 3.8) is 0 Å². The monoisotopic (exact) mass is 203 g/mol. The number of rotatable bonds is 9. The molecule has 0 bridgehead atoms. The minimum Gasteiger partial charge on any atom is -0.385 e. The Balaban J connectivity index is 3.13. The third kappa shape index (κ3) is 8.48. The molecular formula is C11H25NO2. The first-order chi connectivity index (χ1) is 6.62. The van der Waals surface area contributed by atoms with E-state index in [-0.39, 0.29) is 5.60 Å². The van der Waals surface area contributed by atoms with Crippen LogP contribution in [-0.4, -0.2) is 39.5 Å². The molecule has 0 radical (unpaired) electrons. The molecule has 3 heteroatoms. The van der Waals surface area contributed by atoms with Crippen molar-refractivity contribution in [2.45, 2.75) is 38.7 Å². The minimum absolute atomic E-state index is 0.000467. The molecular weight excluding hydrogens is 178 g/mol. The van der Waals surface area contributed by atoms with Gasteiger partial charge in [-0.2, -0.15) is 0 Å². The molecule has 1 N–H and O–H groups in total. The molecule has 0 saturated heterocycles. The lowest BCUT2D eigenvalue weighted by Gasteiger charge is -2.22. The number of nitrogens with one attached hydrogen (secondary N) is 1. The highest BCUT2D eigenvalue weighted by molar-refractivity contribution is 4.68. The Kier molecular flexibility index (Phi) is 8.14. The highest BCUT2D eigenvalue weighted by Crippen LogP contribution is 2.11. The lowest BCUT2D eigenvalue weighted by molar-refractivity contribution is 0.0159.